The molecule has 12 heteroatoms. The third-order valence-electron chi connectivity index (χ3n) is 7.55. The first-order chi connectivity index (χ1) is 19.2. The maximum Gasteiger partial charge on any atom is 0.511 e. The fourth-order valence-electron chi connectivity index (χ4n) is 5.38. The van der Waals surface area contributed by atoms with E-state index < -0.39 is 6.16 Å². The van der Waals surface area contributed by atoms with Crippen LogP contribution in [0.15, 0.2) is 36.4 Å². The van der Waals surface area contributed by atoms with E-state index in [2.05, 4.69) is 10.2 Å². The molecule has 2 unspecified atom stereocenters. The molecule has 40 heavy (non-hydrogen) atoms. The topological polar surface area (TPSA) is 138 Å². The number of likely N-dealkylation sites (tertiary alicyclic amines) is 2. The van der Waals surface area contributed by atoms with Crippen LogP contribution in [0.1, 0.15) is 41.1 Å². The van der Waals surface area contributed by atoms with Crippen molar-refractivity contribution in [1.29, 1.82) is 0 Å². The Labute approximate surface area is 238 Å². The third kappa shape index (κ3) is 6.89. The van der Waals surface area contributed by atoms with Crippen molar-refractivity contribution in [3.8, 4) is 11.5 Å². The summed E-state index contributed by atoms with van der Waals surface area (Å²) in [6.45, 7) is 3.97. The number of methoxy groups -OCH3 is 1. The molecular weight excluding hydrogens is 538 g/mol. The fraction of sp³-hybridized carbons (Fsp3) is 0.464. The van der Waals surface area contributed by atoms with Gasteiger partial charge in [0.2, 0.25) is 0 Å². The van der Waals surface area contributed by atoms with Gasteiger partial charge in [0, 0.05) is 69.9 Å². The minimum atomic E-state index is -1.41. The third-order valence-corrected chi connectivity index (χ3v) is 7.87. The number of carbonyl (C=O) groups is 3. The van der Waals surface area contributed by atoms with Crippen molar-refractivity contribution in [2.75, 3.05) is 59.2 Å². The van der Waals surface area contributed by atoms with Gasteiger partial charge in [-0.3, -0.25) is 4.79 Å². The van der Waals surface area contributed by atoms with Crippen LogP contribution in [0.3, 0.4) is 0 Å². The average molecular weight is 574 g/mol. The highest BCUT2D eigenvalue weighted by Crippen LogP contribution is 2.35. The van der Waals surface area contributed by atoms with Gasteiger partial charge < -0.3 is 40.3 Å². The van der Waals surface area contributed by atoms with Crippen molar-refractivity contribution < 1.29 is 29.0 Å². The van der Waals surface area contributed by atoms with Crippen molar-refractivity contribution in [3.05, 3.63) is 52.5 Å². The number of nitrogens with two attached hydrogens (primary N) is 1. The number of nitrogen functional groups attached to an aromatic ring is 1. The predicted octanol–water partition coefficient (Wildman–Crippen LogP) is 3.72. The maximum absolute atomic E-state index is 13.4. The highest BCUT2D eigenvalue weighted by Gasteiger charge is 2.34. The summed E-state index contributed by atoms with van der Waals surface area (Å²) in [5.41, 5.74) is 7.11. The molecule has 0 spiro atoms. The molecule has 2 saturated heterocycles. The number of hydrogen-bond donors (Lipinski definition) is 3. The van der Waals surface area contributed by atoms with E-state index in [9.17, 15) is 19.5 Å². The number of para-hydroxylation sites is 1. The summed E-state index contributed by atoms with van der Waals surface area (Å²) < 4.78 is 10.5. The number of carboxylic acid groups (broad SMARTS) is 1. The van der Waals surface area contributed by atoms with E-state index in [-0.39, 0.29) is 40.2 Å². The van der Waals surface area contributed by atoms with E-state index in [1.807, 2.05) is 24.1 Å². The molecule has 2 atom stereocenters. The second-order valence-corrected chi connectivity index (χ2v) is 10.6. The number of hydrogen-bond acceptors (Lipinski definition) is 7. The van der Waals surface area contributed by atoms with E-state index in [0.29, 0.717) is 49.6 Å². The quantitative estimate of drug-likeness (QED) is 0.247. The van der Waals surface area contributed by atoms with Crippen LogP contribution in [0.25, 0.3) is 0 Å². The van der Waals surface area contributed by atoms with Gasteiger partial charge in [-0.15, -0.1) is 0 Å². The van der Waals surface area contributed by atoms with Gasteiger partial charge in [0.15, 0.2) is 0 Å². The largest absolute Gasteiger partial charge is 0.511 e. The van der Waals surface area contributed by atoms with Crippen molar-refractivity contribution in [2.24, 2.45) is 0 Å². The van der Waals surface area contributed by atoms with Crippen molar-refractivity contribution in [3.63, 3.8) is 0 Å². The fourth-order valence-corrected chi connectivity index (χ4v) is 5.55. The second kappa shape index (κ2) is 13.1. The van der Waals surface area contributed by atoms with Gasteiger partial charge in [-0.25, -0.2) is 9.59 Å². The molecule has 216 valence electrons. The van der Waals surface area contributed by atoms with Gasteiger partial charge >= 0.3 is 12.2 Å². The molecule has 2 aliphatic rings. The van der Waals surface area contributed by atoms with E-state index in [1.165, 1.54) is 19.2 Å². The number of urea groups is 1. The molecule has 2 heterocycles. The van der Waals surface area contributed by atoms with Gasteiger partial charge in [-0.05, 0) is 31.4 Å². The molecule has 2 aromatic carbocycles. The number of nitrogens with zero attached hydrogens (tertiary/aromatic N) is 3. The molecule has 2 aliphatic heterocycles. The summed E-state index contributed by atoms with van der Waals surface area (Å²) in [6, 6.07) is 9.61. The summed E-state index contributed by atoms with van der Waals surface area (Å²) in [6.07, 6.45) is 1.25. The lowest BCUT2D eigenvalue weighted by atomic mass is 9.85. The molecule has 3 amide bonds. The van der Waals surface area contributed by atoms with Crippen molar-refractivity contribution >= 4 is 35.4 Å². The highest BCUT2D eigenvalue weighted by atomic mass is 35.5. The van der Waals surface area contributed by atoms with E-state index >= 15 is 0 Å². The van der Waals surface area contributed by atoms with E-state index in [4.69, 9.17) is 26.8 Å². The zero-order chi connectivity index (χ0) is 28.8. The monoisotopic (exact) mass is 573 g/mol. The Morgan fingerprint density at radius 3 is 2.58 bits per heavy atom. The van der Waals surface area contributed by atoms with E-state index in [1.54, 1.807) is 17.0 Å². The molecule has 0 aromatic heterocycles. The molecule has 0 aliphatic carbocycles. The van der Waals surface area contributed by atoms with Crippen LogP contribution in [0.5, 0.6) is 11.5 Å². The van der Waals surface area contributed by atoms with Crippen molar-refractivity contribution in [1.82, 2.24) is 20.0 Å². The summed E-state index contributed by atoms with van der Waals surface area (Å²) in [5, 5.41) is 12.7. The smallest absolute Gasteiger partial charge is 0.496 e. The van der Waals surface area contributed by atoms with Gasteiger partial charge in [0.1, 0.15) is 11.5 Å². The Morgan fingerprint density at radius 1 is 1.15 bits per heavy atom. The molecule has 0 saturated carbocycles. The number of likely N-dealkylation sites (N-methyl/N-ethyl adjacent to an activating group) is 1. The Bertz CT molecular complexity index is 1240. The standard InChI is InChI=1S/C28H36ClN5O6/c1-32(27(36)34-10-5-6-11-34)13-14-33-12-9-23(20(17-33)18-7-3-4-8-24(18)40-28(37)38)31-26(35)19-15-21(29)22(30)16-25(19)39-2/h3-4,7-8,15-16,20,23H,5-6,9-14,17,30H2,1-2H3,(H,31,35)(H,37,38). The van der Waals surface area contributed by atoms with Crippen LogP contribution < -0.4 is 20.5 Å². The maximum atomic E-state index is 13.4. The molecule has 2 aromatic rings. The van der Waals surface area contributed by atoms with Crippen LogP contribution in [-0.4, -0.2) is 97.4 Å². The molecule has 2 fully saturated rings. The number of amides is 3. The lowest BCUT2D eigenvalue weighted by Crippen LogP contribution is -2.51. The first-order valence-electron chi connectivity index (χ1n) is 13.3. The lowest BCUT2D eigenvalue weighted by molar-refractivity contribution is 0.0883. The Kier molecular flexibility index (Phi) is 9.59. The Hall–Kier alpha value is -3.70. The number of benzene rings is 2. The number of anilines is 1. The highest BCUT2D eigenvalue weighted by molar-refractivity contribution is 6.33. The van der Waals surface area contributed by atoms with Crippen LogP contribution in [0.2, 0.25) is 5.02 Å². The summed E-state index contributed by atoms with van der Waals surface area (Å²) in [7, 11) is 3.26. The lowest BCUT2D eigenvalue weighted by Gasteiger charge is -2.40. The first kappa shape index (κ1) is 29.3. The van der Waals surface area contributed by atoms with Gasteiger partial charge in [0.05, 0.1) is 23.4 Å². The van der Waals surface area contributed by atoms with Crippen LogP contribution in [0.4, 0.5) is 15.3 Å². The van der Waals surface area contributed by atoms with E-state index in [0.717, 1.165) is 25.9 Å². The molecule has 0 bridgehead atoms. The molecule has 4 N–H and O–H groups in total. The normalized spacial score (nSPS) is 19.2. The second-order valence-electron chi connectivity index (χ2n) is 10.2. The summed E-state index contributed by atoms with van der Waals surface area (Å²) in [5.74, 6) is -0.151. The minimum Gasteiger partial charge on any atom is -0.496 e. The molecule has 4 rings (SSSR count). The summed E-state index contributed by atoms with van der Waals surface area (Å²) >= 11 is 6.20. The van der Waals surface area contributed by atoms with Crippen LogP contribution in [0, 0.1) is 0 Å². The Balaban J connectivity index is 1.53. The van der Waals surface area contributed by atoms with Gasteiger partial charge in [0.25, 0.3) is 5.91 Å². The summed E-state index contributed by atoms with van der Waals surface area (Å²) in [4.78, 5) is 43.4. The Morgan fingerprint density at radius 2 is 1.88 bits per heavy atom. The first-order valence-corrected chi connectivity index (χ1v) is 13.7. The zero-order valence-corrected chi connectivity index (χ0v) is 23.5. The number of carbonyl (C=O) groups excluding carboxylic acids is 2. The number of piperidine rings is 1. The minimum absolute atomic E-state index is 0.0347. The van der Waals surface area contributed by atoms with Crippen LogP contribution in [-0.2, 0) is 0 Å². The molecule has 0 radical (unpaired) electrons. The number of halogens is 1. The average Bonchev–Trinajstić information content (AvgIpc) is 3.48. The molecule has 11 nitrogen and oxygen atoms in total. The SMILES string of the molecule is COc1cc(N)c(Cl)cc1C(=O)NC1CCN(CCN(C)C(=O)N2CCCC2)CC1c1ccccc1OC(=O)O. The van der Waals surface area contributed by atoms with Crippen molar-refractivity contribution in [2.45, 2.75) is 31.2 Å². The predicted molar refractivity (Wildman–Crippen MR) is 151 cm³/mol. The number of nitrogens with one attached hydrogen (secondary N) is 1. The van der Waals surface area contributed by atoms with Crippen LogP contribution >= 0.6 is 11.6 Å². The number of rotatable bonds is 8. The molecular formula is C28H36ClN5O6. The zero-order valence-electron chi connectivity index (χ0n) is 22.8. The van der Waals surface area contributed by atoms with Gasteiger partial charge in [-0.2, -0.15) is 0 Å². The van der Waals surface area contributed by atoms with Gasteiger partial charge in [-0.1, -0.05) is 29.8 Å². The number of ether oxygens (including phenoxy) is 2.